The molecule has 4 fully saturated rings. The number of rotatable bonds is 0. The normalized spacial score (nSPS) is 55.2. The average Bonchev–Trinajstić information content (AvgIpc) is 3.12. The van der Waals surface area contributed by atoms with Crippen LogP contribution in [-0.4, -0.2) is 30.1 Å². The maximum Gasteiger partial charge on any atom is 0.334 e. The quantitative estimate of drug-likeness (QED) is 0.377. The van der Waals surface area contributed by atoms with Gasteiger partial charge in [0.2, 0.25) is 0 Å². The molecule has 0 bridgehead atoms. The van der Waals surface area contributed by atoms with Gasteiger partial charge in [0.1, 0.15) is 12.2 Å². The molecule has 0 aromatic carbocycles. The van der Waals surface area contributed by atoms with Gasteiger partial charge in [0, 0.05) is 22.8 Å². The molecule has 0 N–H and O–H groups in total. The molecular weight excluding hydrogens is 244 g/mol. The Morgan fingerprint density at radius 2 is 2.11 bits per heavy atom. The molecule has 102 valence electrons. The third-order valence-corrected chi connectivity index (χ3v) is 5.89. The lowest BCUT2D eigenvalue weighted by atomic mass is 9.54. The van der Waals surface area contributed by atoms with Crippen LogP contribution in [0.4, 0.5) is 0 Å². The first-order valence-electron chi connectivity index (χ1n) is 7.02. The lowest BCUT2D eigenvalue weighted by Crippen LogP contribution is -2.52. The summed E-state index contributed by atoms with van der Waals surface area (Å²) >= 11 is 0. The van der Waals surface area contributed by atoms with E-state index in [1.165, 1.54) is 0 Å². The van der Waals surface area contributed by atoms with Crippen LogP contribution in [0.25, 0.3) is 0 Å². The predicted molar refractivity (Wildman–Crippen MR) is 66.2 cm³/mol. The molecule has 7 atom stereocenters. The number of hydrogen-bond donors (Lipinski definition) is 0. The fraction of sp³-hybridized carbons (Fsp3) is 0.733. The lowest BCUT2D eigenvalue weighted by molar-refractivity contribution is -0.145. The Hall–Kier alpha value is -1.16. The molecule has 2 heterocycles. The second kappa shape index (κ2) is 3.29. The topological polar surface area (TPSA) is 55.9 Å². The minimum atomic E-state index is -0.260. The van der Waals surface area contributed by atoms with E-state index in [4.69, 9.17) is 9.47 Å². The molecule has 0 spiro atoms. The summed E-state index contributed by atoms with van der Waals surface area (Å²) in [5, 5.41) is 0. The number of epoxide rings is 1. The van der Waals surface area contributed by atoms with Gasteiger partial charge in [-0.15, -0.1) is 0 Å². The zero-order valence-electron chi connectivity index (χ0n) is 11.2. The molecule has 19 heavy (non-hydrogen) atoms. The second-order valence-electron chi connectivity index (χ2n) is 6.80. The fourth-order valence-electron chi connectivity index (χ4n) is 4.67. The minimum Gasteiger partial charge on any atom is -0.458 e. The highest BCUT2D eigenvalue weighted by atomic mass is 16.6. The van der Waals surface area contributed by atoms with E-state index in [1.54, 1.807) is 0 Å². The largest absolute Gasteiger partial charge is 0.458 e. The molecule has 2 aliphatic heterocycles. The number of ketones is 1. The van der Waals surface area contributed by atoms with E-state index in [0.29, 0.717) is 5.57 Å². The highest BCUT2D eigenvalue weighted by Crippen LogP contribution is 2.61. The molecule has 2 aliphatic carbocycles. The van der Waals surface area contributed by atoms with Crippen molar-refractivity contribution in [3.8, 4) is 0 Å². The highest BCUT2D eigenvalue weighted by Gasteiger charge is 2.68. The molecule has 0 aromatic heterocycles. The number of carbonyl (C=O) groups is 2. The van der Waals surface area contributed by atoms with Gasteiger partial charge in [-0.3, -0.25) is 4.79 Å². The van der Waals surface area contributed by atoms with Crippen LogP contribution in [0.2, 0.25) is 0 Å². The summed E-state index contributed by atoms with van der Waals surface area (Å²) in [6.45, 7) is 8.06. The summed E-state index contributed by atoms with van der Waals surface area (Å²) in [5.41, 5.74) is 0.551. The van der Waals surface area contributed by atoms with Crippen LogP contribution in [-0.2, 0) is 19.1 Å². The van der Waals surface area contributed by atoms with E-state index < -0.39 is 0 Å². The Labute approximate surface area is 112 Å². The van der Waals surface area contributed by atoms with Crippen LogP contribution >= 0.6 is 0 Å². The molecule has 0 radical (unpaired) electrons. The average molecular weight is 262 g/mol. The van der Waals surface area contributed by atoms with Crippen LogP contribution in [0, 0.1) is 23.2 Å². The Balaban J connectivity index is 1.71. The molecule has 4 aliphatic rings. The maximum absolute atomic E-state index is 12.2. The van der Waals surface area contributed by atoms with Gasteiger partial charge >= 0.3 is 5.97 Å². The van der Waals surface area contributed by atoms with Gasteiger partial charge in [0.25, 0.3) is 0 Å². The van der Waals surface area contributed by atoms with E-state index in [1.807, 2.05) is 6.92 Å². The first kappa shape index (κ1) is 11.6. The number of carbonyl (C=O) groups excluding carboxylic acids is 2. The van der Waals surface area contributed by atoms with Crippen molar-refractivity contribution in [2.24, 2.45) is 23.2 Å². The zero-order valence-corrected chi connectivity index (χ0v) is 11.2. The smallest absolute Gasteiger partial charge is 0.334 e. The maximum atomic E-state index is 12.2. The lowest BCUT2D eigenvalue weighted by Gasteiger charge is -2.48. The van der Waals surface area contributed by atoms with Crippen molar-refractivity contribution in [2.45, 2.75) is 45.0 Å². The first-order valence-corrected chi connectivity index (χ1v) is 7.02. The van der Waals surface area contributed by atoms with Crippen molar-refractivity contribution < 1.29 is 19.1 Å². The van der Waals surface area contributed by atoms with Crippen LogP contribution in [0.15, 0.2) is 12.2 Å². The molecule has 4 nitrogen and oxygen atoms in total. The van der Waals surface area contributed by atoms with Crippen molar-refractivity contribution in [3.63, 3.8) is 0 Å². The Kier molecular flexibility index (Phi) is 2.02. The van der Waals surface area contributed by atoms with Gasteiger partial charge < -0.3 is 9.47 Å². The zero-order chi connectivity index (χ0) is 13.5. The molecule has 2 saturated heterocycles. The Bertz CT molecular complexity index is 510. The third kappa shape index (κ3) is 1.28. The van der Waals surface area contributed by atoms with Crippen molar-refractivity contribution >= 4 is 11.8 Å². The van der Waals surface area contributed by atoms with Gasteiger partial charge in [-0.1, -0.05) is 20.4 Å². The molecule has 0 unspecified atom stereocenters. The van der Waals surface area contributed by atoms with Gasteiger partial charge in [0.05, 0.1) is 6.10 Å². The number of hydrogen-bond acceptors (Lipinski definition) is 4. The summed E-state index contributed by atoms with van der Waals surface area (Å²) < 4.78 is 11.1. The standard InChI is InChI=1S/C15H18O4/c1-6-8-4-9-7(2)11(16)12-13(19-12)15(9,3)5-10(8)18-14(6)17/h7-10,12-13H,1,4-5H2,2-3H3/t7-,8+,9-,10+,12-,13-,15+/m0/s1. The van der Waals surface area contributed by atoms with Crippen molar-refractivity contribution in [1.29, 1.82) is 0 Å². The van der Waals surface area contributed by atoms with Gasteiger partial charge in [0.15, 0.2) is 5.78 Å². The monoisotopic (exact) mass is 262 g/mol. The van der Waals surface area contributed by atoms with Gasteiger partial charge in [-0.2, -0.15) is 0 Å². The van der Waals surface area contributed by atoms with Crippen molar-refractivity contribution in [1.82, 2.24) is 0 Å². The molecular formula is C15H18O4. The van der Waals surface area contributed by atoms with E-state index in [-0.39, 0.29) is 53.2 Å². The summed E-state index contributed by atoms with van der Waals surface area (Å²) in [6.07, 6.45) is 1.39. The van der Waals surface area contributed by atoms with Crippen LogP contribution in [0.5, 0.6) is 0 Å². The van der Waals surface area contributed by atoms with Crippen molar-refractivity contribution in [3.05, 3.63) is 12.2 Å². The molecule has 4 rings (SSSR count). The molecule has 0 amide bonds. The summed E-state index contributed by atoms with van der Waals surface area (Å²) in [6, 6.07) is 0. The molecule has 2 saturated carbocycles. The Morgan fingerprint density at radius 1 is 1.37 bits per heavy atom. The van der Waals surface area contributed by atoms with Crippen LogP contribution in [0.3, 0.4) is 0 Å². The third-order valence-electron chi connectivity index (χ3n) is 5.89. The minimum absolute atomic E-state index is 0.0122. The second-order valence-corrected chi connectivity index (χ2v) is 6.80. The number of fused-ring (bicyclic) bond motifs is 4. The fourth-order valence-corrected chi connectivity index (χ4v) is 4.67. The Morgan fingerprint density at radius 3 is 2.84 bits per heavy atom. The molecule has 0 aromatic rings. The summed E-state index contributed by atoms with van der Waals surface area (Å²) in [5.74, 6) is 0.358. The first-order chi connectivity index (χ1) is 8.93. The van der Waals surface area contributed by atoms with E-state index in [9.17, 15) is 9.59 Å². The predicted octanol–water partition coefficient (Wildman–Crippen LogP) is 1.49. The number of esters is 1. The summed E-state index contributed by atoms with van der Waals surface area (Å²) in [4.78, 5) is 23.8. The van der Waals surface area contributed by atoms with E-state index >= 15 is 0 Å². The number of Topliss-reactive ketones (excluding diaryl/α,β-unsaturated/α-hetero) is 1. The summed E-state index contributed by atoms with van der Waals surface area (Å²) in [7, 11) is 0. The van der Waals surface area contributed by atoms with Crippen molar-refractivity contribution in [2.75, 3.05) is 0 Å². The number of ether oxygens (including phenoxy) is 2. The van der Waals surface area contributed by atoms with E-state index in [2.05, 4.69) is 13.5 Å². The van der Waals surface area contributed by atoms with Crippen LogP contribution in [0.1, 0.15) is 26.7 Å². The van der Waals surface area contributed by atoms with Gasteiger partial charge in [-0.25, -0.2) is 4.79 Å². The van der Waals surface area contributed by atoms with Crippen LogP contribution < -0.4 is 0 Å². The molecule has 4 heteroatoms. The highest BCUT2D eigenvalue weighted by molar-refractivity contribution is 5.92. The van der Waals surface area contributed by atoms with E-state index in [0.717, 1.165) is 12.8 Å². The van der Waals surface area contributed by atoms with Gasteiger partial charge in [-0.05, 0) is 18.8 Å². The SMILES string of the molecule is C=C1C(=O)O[C@@H]2C[C@]3(C)[C@@H](C[C@H]12)[C@H](C)C(=O)[C@@H]1O[C@@H]13.